The van der Waals surface area contributed by atoms with Gasteiger partial charge in [-0.05, 0) is 12.8 Å². The molecule has 0 bridgehead atoms. The lowest BCUT2D eigenvalue weighted by molar-refractivity contribution is 0.385. The predicted molar refractivity (Wildman–Crippen MR) is 45.8 cm³/mol. The molecule has 0 aromatic carbocycles. The SMILES string of the molecule is NCc1cc(N2CCCC2)no1. The molecule has 1 fully saturated rings. The first-order valence-electron chi connectivity index (χ1n) is 4.31. The van der Waals surface area contributed by atoms with Crippen LogP contribution < -0.4 is 10.6 Å². The van der Waals surface area contributed by atoms with Crippen LogP contribution in [0, 0.1) is 0 Å². The summed E-state index contributed by atoms with van der Waals surface area (Å²) in [7, 11) is 0. The van der Waals surface area contributed by atoms with Gasteiger partial charge in [0.1, 0.15) is 0 Å². The summed E-state index contributed by atoms with van der Waals surface area (Å²) in [6.07, 6.45) is 2.51. The second kappa shape index (κ2) is 3.15. The first-order valence-corrected chi connectivity index (χ1v) is 4.31. The molecule has 1 aliphatic rings. The topological polar surface area (TPSA) is 55.3 Å². The maximum Gasteiger partial charge on any atom is 0.172 e. The van der Waals surface area contributed by atoms with Gasteiger partial charge in [-0.25, -0.2) is 0 Å². The van der Waals surface area contributed by atoms with Crippen LogP contribution in [0.4, 0.5) is 5.82 Å². The molecule has 0 unspecified atom stereocenters. The zero-order valence-corrected chi connectivity index (χ0v) is 6.99. The molecule has 0 atom stereocenters. The van der Waals surface area contributed by atoms with Crippen molar-refractivity contribution >= 4 is 5.82 Å². The van der Waals surface area contributed by atoms with Gasteiger partial charge in [0.25, 0.3) is 0 Å². The highest BCUT2D eigenvalue weighted by Crippen LogP contribution is 2.19. The number of nitrogens with zero attached hydrogens (tertiary/aromatic N) is 2. The van der Waals surface area contributed by atoms with Gasteiger partial charge in [0.2, 0.25) is 0 Å². The third kappa shape index (κ3) is 1.30. The van der Waals surface area contributed by atoms with Gasteiger partial charge < -0.3 is 15.2 Å². The van der Waals surface area contributed by atoms with E-state index in [4.69, 9.17) is 10.3 Å². The molecule has 12 heavy (non-hydrogen) atoms. The predicted octanol–water partition coefficient (Wildman–Crippen LogP) is 0.733. The largest absolute Gasteiger partial charge is 0.358 e. The van der Waals surface area contributed by atoms with E-state index in [0.717, 1.165) is 24.7 Å². The van der Waals surface area contributed by atoms with E-state index in [-0.39, 0.29) is 0 Å². The summed E-state index contributed by atoms with van der Waals surface area (Å²) in [5.74, 6) is 1.70. The average Bonchev–Trinajstić information content (AvgIpc) is 2.75. The molecule has 4 heteroatoms. The molecular formula is C8H13N3O. The van der Waals surface area contributed by atoms with E-state index in [9.17, 15) is 0 Å². The van der Waals surface area contributed by atoms with Gasteiger partial charge in [0.05, 0.1) is 6.54 Å². The number of rotatable bonds is 2. The van der Waals surface area contributed by atoms with Gasteiger partial charge in [-0.15, -0.1) is 0 Å². The minimum Gasteiger partial charge on any atom is -0.358 e. The van der Waals surface area contributed by atoms with E-state index < -0.39 is 0 Å². The van der Waals surface area contributed by atoms with Crippen molar-refractivity contribution < 1.29 is 4.52 Å². The number of hydrogen-bond donors (Lipinski definition) is 1. The molecule has 2 N–H and O–H groups in total. The average molecular weight is 167 g/mol. The Balaban J connectivity index is 2.11. The van der Waals surface area contributed by atoms with Crippen molar-refractivity contribution in [1.82, 2.24) is 5.16 Å². The highest BCUT2D eigenvalue weighted by molar-refractivity contribution is 5.38. The Bertz CT molecular complexity index is 253. The normalized spacial score (nSPS) is 17.2. The summed E-state index contributed by atoms with van der Waals surface area (Å²) < 4.78 is 5.01. The molecule has 0 saturated carbocycles. The minimum absolute atomic E-state index is 0.431. The molecule has 1 aromatic heterocycles. The van der Waals surface area contributed by atoms with E-state index in [1.807, 2.05) is 6.07 Å². The van der Waals surface area contributed by atoms with Crippen molar-refractivity contribution in [3.05, 3.63) is 11.8 Å². The fourth-order valence-corrected chi connectivity index (χ4v) is 1.49. The lowest BCUT2D eigenvalue weighted by Gasteiger charge is -2.11. The van der Waals surface area contributed by atoms with Crippen molar-refractivity contribution in [3.63, 3.8) is 0 Å². The van der Waals surface area contributed by atoms with Gasteiger partial charge in [-0.2, -0.15) is 0 Å². The van der Waals surface area contributed by atoms with Crippen molar-refractivity contribution in [3.8, 4) is 0 Å². The monoisotopic (exact) mass is 167 g/mol. The van der Waals surface area contributed by atoms with E-state index >= 15 is 0 Å². The smallest absolute Gasteiger partial charge is 0.172 e. The van der Waals surface area contributed by atoms with Crippen LogP contribution in [-0.4, -0.2) is 18.2 Å². The first kappa shape index (κ1) is 7.61. The zero-order chi connectivity index (χ0) is 8.39. The molecule has 0 radical (unpaired) electrons. The molecule has 4 nitrogen and oxygen atoms in total. The third-order valence-corrected chi connectivity index (χ3v) is 2.18. The maximum absolute atomic E-state index is 5.41. The van der Waals surface area contributed by atoms with Crippen LogP contribution in [0.25, 0.3) is 0 Å². The first-order chi connectivity index (χ1) is 5.90. The van der Waals surface area contributed by atoms with E-state index in [2.05, 4.69) is 10.1 Å². The summed E-state index contributed by atoms with van der Waals surface area (Å²) in [4.78, 5) is 2.22. The van der Waals surface area contributed by atoms with Gasteiger partial charge >= 0.3 is 0 Å². The Morgan fingerprint density at radius 2 is 2.25 bits per heavy atom. The Kier molecular flexibility index (Phi) is 1.99. The Labute approximate surface area is 71.3 Å². The van der Waals surface area contributed by atoms with Crippen LogP contribution in [0.1, 0.15) is 18.6 Å². The second-order valence-electron chi connectivity index (χ2n) is 3.05. The van der Waals surface area contributed by atoms with E-state index in [1.165, 1.54) is 12.8 Å². The highest BCUT2D eigenvalue weighted by atomic mass is 16.5. The molecule has 1 aromatic rings. The van der Waals surface area contributed by atoms with Crippen molar-refractivity contribution in [2.45, 2.75) is 19.4 Å². The van der Waals surface area contributed by atoms with Gasteiger partial charge in [0, 0.05) is 19.2 Å². The number of aromatic nitrogens is 1. The third-order valence-electron chi connectivity index (χ3n) is 2.18. The van der Waals surface area contributed by atoms with Crippen LogP contribution in [0.3, 0.4) is 0 Å². The fraction of sp³-hybridized carbons (Fsp3) is 0.625. The van der Waals surface area contributed by atoms with Gasteiger partial charge in [-0.1, -0.05) is 5.16 Å². The summed E-state index contributed by atoms with van der Waals surface area (Å²) in [6.45, 7) is 2.62. The summed E-state index contributed by atoms with van der Waals surface area (Å²) in [6, 6.07) is 1.92. The van der Waals surface area contributed by atoms with E-state index in [1.54, 1.807) is 0 Å². The minimum atomic E-state index is 0.431. The molecule has 0 spiro atoms. The molecule has 2 heterocycles. The van der Waals surface area contributed by atoms with E-state index in [0.29, 0.717) is 6.54 Å². The molecule has 0 aliphatic carbocycles. The molecular weight excluding hydrogens is 154 g/mol. The quantitative estimate of drug-likeness (QED) is 0.705. The molecule has 1 saturated heterocycles. The standard InChI is InChI=1S/C8H13N3O/c9-6-7-5-8(10-12-7)11-3-1-2-4-11/h5H,1-4,6,9H2. The van der Waals surface area contributed by atoms with Crippen LogP contribution in [0.15, 0.2) is 10.6 Å². The van der Waals surface area contributed by atoms with Crippen molar-refractivity contribution in [2.75, 3.05) is 18.0 Å². The molecule has 66 valence electrons. The lowest BCUT2D eigenvalue weighted by atomic mass is 10.4. The van der Waals surface area contributed by atoms with Gasteiger partial charge in [-0.3, -0.25) is 0 Å². The van der Waals surface area contributed by atoms with Gasteiger partial charge in [0.15, 0.2) is 11.6 Å². The van der Waals surface area contributed by atoms with Crippen LogP contribution in [-0.2, 0) is 6.54 Å². The fourth-order valence-electron chi connectivity index (χ4n) is 1.49. The number of nitrogens with two attached hydrogens (primary N) is 1. The Morgan fingerprint density at radius 1 is 1.50 bits per heavy atom. The summed E-state index contributed by atoms with van der Waals surface area (Å²) in [5, 5.41) is 3.94. The van der Waals surface area contributed by atoms with Crippen LogP contribution in [0.5, 0.6) is 0 Å². The molecule has 2 rings (SSSR count). The Morgan fingerprint density at radius 3 is 2.83 bits per heavy atom. The maximum atomic E-state index is 5.41. The van der Waals surface area contributed by atoms with Crippen molar-refractivity contribution in [2.24, 2.45) is 5.73 Å². The Hall–Kier alpha value is -1.03. The number of anilines is 1. The van der Waals surface area contributed by atoms with Crippen LogP contribution >= 0.6 is 0 Å². The van der Waals surface area contributed by atoms with Crippen LogP contribution in [0.2, 0.25) is 0 Å². The summed E-state index contributed by atoms with van der Waals surface area (Å²) >= 11 is 0. The lowest BCUT2D eigenvalue weighted by Crippen LogP contribution is -2.17. The van der Waals surface area contributed by atoms with Crippen molar-refractivity contribution in [1.29, 1.82) is 0 Å². The molecule has 0 amide bonds. The molecule has 1 aliphatic heterocycles. The summed E-state index contributed by atoms with van der Waals surface area (Å²) in [5.41, 5.74) is 5.41. The number of hydrogen-bond acceptors (Lipinski definition) is 4. The highest BCUT2D eigenvalue weighted by Gasteiger charge is 2.15. The second-order valence-corrected chi connectivity index (χ2v) is 3.05. The zero-order valence-electron chi connectivity index (χ0n) is 6.99.